The van der Waals surface area contributed by atoms with Gasteiger partial charge in [-0.3, -0.25) is 9.98 Å². The molecule has 0 aliphatic carbocycles. The summed E-state index contributed by atoms with van der Waals surface area (Å²) in [4.78, 5) is 10.0. The van der Waals surface area contributed by atoms with E-state index in [2.05, 4.69) is 80.2 Å². The Kier molecular flexibility index (Phi) is 4.53. The van der Waals surface area contributed by atoms with Crippen LogP contribution in [0.25, 0.3) is 10.9 Å². The van der Waals surface area contributed by atoms with Crippen LogP contribution >= 0.6 is 12.4 Å². The van der Waals surface area contributed by atoms with E-state index < -0.39 is 0 Å². The Balaban J connectivity index is 0.00000182. The zero-order valence-corrected chi connectivity index (χ0v) is 15.5. The molecule has 4 rings (SSSR count). The molecule has 1 atom stereocenters. The first-order valence-electron chi connectivity index (χ1n) is 8.41. The molecule has 0 bridgehead atoms. The molecule has 1 aromatic heterocycles. The Morgan fingerprint density at radius 1 is 0.920 bits per heavy atom. The molecule has 1 aliphatic rings. The first kappa shape index (κ1) is 17.4. The summed E-state index contributed by atoms with van der Waals surface area (Å²) in [6, 6.07) is 18.8. The van der Waals surface area contributed by atoms with Gasteiger partial charge in [-0.1, -0.05) is 55.5 Å². The molecule has 2 heterocycles. The second-order valence-electron chi connectivity index (χ2n) is 6.53. The third-order valence-corrected chi connectivity index (χ3v) is 4.80. The third kappa shape index (κ3) is 2.89. The van der Waals surface area contributed by atoms with E-state index in [9.17, 15) is 0 Å². The fourth-order valence-corrected chi connectivity index (χ4v) is 3.29. The lowest BCUT2D eigenvalue weighted by molar-refractivity contribution is 0.491. The van der Waals surface area contributed by atoms with Crippen molar-refractivity contribution < 1.29 is 0 Å². The number of rotatable bonds is 3. The molecule has 2 aromatic carbocycles. The van der Waals surface area contributed by atoms with Crippen molar-refractivity contribution in [1.82, 2.24) is 4.57 Å². The van der Waals surface area contributed by atoms with Crippen LogP contribution in [0.1, 0.15) is 31.4 Å². The van der Waals surface area contributed by atoms with E-state index in [1.54, 1.807) is 0 Å². The predicted molar refractivity (Wildman–Crippen MR) is 108 cm³/mol. The Morgan fingerprint density at radius 3 is 2.28 bits per heavy atom. The minimum Gasteiger partial charge on any atom is -0.350 e. The largest absolute Gasteiger partial charge is 0.350 e. The first-order valence-corrected chi connectivity index (χ1v) is 8.41. The summed E-state index contributed by atoms with van der Waals surface area (Å²) in [7, 11) is 2.08. The maximum Gasteiger partial charge on any atom is 0.148 e. The average molecular weight is 352 g/mol. The number of nitrogens with zero attached hydrogens (tertiary/aromatic N) is 3. The van der Waals surface area contributed by atoms with E-state index >= 15 is 0 Å². The van der Waals surface area contributed by atoms with Gasteiger partial charge in [-0.05, 0) is 19.4 Å². The molecule has 128 valence electrons. The topological polar surface area (TPSA) is 29.6 Å². The molecule has 0 saturated carbocycles. The highest BCUT2D eigenvalue weighted by Gasteiger charge is 2.32. The molecule has 25 heavy (non-hydrogen) atoms. The van der Waals surface area contributed by atoms with Crippen LogP contribution in [0.2, 0.25) is 0 Å². The molecule has 0 fully saturated rings. The van der Waals surface area contributed by atoms with Gasteiger partial charge in [0, 0.05) is 35.3 Å². The van der Waals surface area contributed by atoms with Crippen molar-refractivity contribution >= 4 is 34.7 Å². The number of halogens is 1. The zero-order valence-electron chi connectivity index (χ0n) is 14.7. The van der Waals surface area contributed by atoms with Crippen molar-refractivity contribution in [2.24, 2.45) is 17.0 Å². The van der Waals surface area contributed by atoms with Gasteiger partial charge in [0.25, 0.3) is 0 Å². The van der Waals surface area contributed by atoms with Gasteiger partial charge < -0.3 is 4.57 Å². The summed E-state index contributed by atoms with van der Waals surface area (Å²) in [5.74, 6) is 0. The molecule has 1 unspecified atom stereocenters. The van der Waals surface area contributed by atoms with E-state index in [-0.39, 0.29) is 18.1 Å². The van der Waals surface area contributed by atoms with E-state index in [0.29, 0.717) is 0 Å². The summed E-state index contributed by atoms with van der Waals surface area (Å²) in [5.41, 5.74) is 5.12. The lowest BCUT2D eigenvalue weighted by Crippen LogP contribution is -2.14. The van der Waals surface area contributed by atoms with Crippen LogP contribution < -0.4 is 0 Å². The quantitative estimate of drug-likeness (QED) is 0.634. The van der Waals surface area contributed by atoms with E-state index in [1.807, 2.05) is 6.07 Å². The van der Waals surface area contributed by atoms with Crippen LogP contribution in [0, 0.1) is 0 Å². The lowest BCUT2D eigenvalue weighted by atomic mass is 10.00. The van der Waals surface area contributed by atoms with E-state index in [1.165, 1.54) is 10.9 Å². The number of fused-ring (bicyclic) bond motifs is 1. The number of aliphatic imine (C=N–C) groups is 2. The molecular formula is C21H22ClN3. The molecule has 4 heteroatoms. The Hall–Kier alpha value is -2.39. The van der Waals surface area contributed by atoms with Gasteiger partial charge in [0.15, 0.2) is 0 Å². The number of hydrogen-bond donors (Lipinski definition) is 0. The summed E-state index contributed by atoms with van der Waals surface area (Å²) in [6.45, 7) is 4.25. The van der Waals surface area contributed by atoms with Crippen molar-refractivity contribution in [3.63, 3.8) is 0 Å². The predicted octanol–water partition coefficient (Wildman–Crippen LogP) is 5.02. The van der Waals surface area contributed by atoms with Crippen LogP contribution in [-0.4, -0.2) is 21.7 Å². The smallest absolute Gasteiger partial charge is 0.148 e. The molecule has 0 N–H and O–H groups in total. The van der Waals surface area contributed by atoms with Crippen molar-refractivity contribution in [3.05, 3.63) is 71.9 Å². The second-order valence-corrected chi connectivity index (χ2v) is 6.53. The Labute approximate surface area is 154 Å². The first-order chi connectivity index (χ1) is 11.6. The Morgan fingerprint density at radius 2 is 1.56 bits per heavy atom. The summed E-state index contributed by atoms with van der Waals surface area (Å²) < 4.78 is 2.16. The number of hydrogen-bond acceptors (Lipinski definition) is 2. The normalized spacial score (nSPS) is 19.5. The minimum absolute atomic E-state index is 0. The van der Waals surface area contributed by atoms with Crippen LogP contribution in [-0.2, 0) is 7.05 Å². The fraction of sp³-hybridized carbons (Fsp3) is 0.238. The Bertz CT molecular complexity index is 969. The van der Waals surface area contributed by atoms with Gasteiger partial charge >= 0.3 is 0 Å². The highest BCUT2D eigenvalue weighted by Crippen LogP contribution is 2.31. The van der Waals surface area contributed by atoms with Gasteiger partial charge in [-0.2, -0.15) is 0 Å². The second kappa shape index (κ2) is 6.49. The molecule has 3 nitrogen and oxygen atoms in total. The number of aryl methyl sites for hydroxylation is 1. The van der Waals surface area contributed by atoms with Gasteiger partial charge in [-0.15, -0.1) is 12.4 Å². The maximum absolute atomic E-state index is 5.03. The molecule has 0 amide bonds. The highest BCUT2D eigenvalue weighted by atomic mass is 35.5. The SMILES string of the molecule is CCC1(C)N=C(c2ccccc2)C(c2cn(C)c3ccccc23)=N1.Cl. The van der Waals surface area contributed by atoms with Crippen molar-refractivity contribution in [3.8, 4) is 0 Å². The van der Waals surface area contributed by atoms with Gasteiger partial charge in [0.1, 0.15) is 5.66 Å². The molecule has 0 radical (unpaired) electrons. The monoisotopic (exact) mass is 351 g/mol. The highest BCUT2D eigenvalue weighted by molar-refractivity contribution is 6.56. The summed E-state index contributed by atoms with van der Waals surface area (Å²) in [5, 5.41) is 1.22. The van der Waals surface area contributed by atoms with Crippen LogP contribution in [0.5, 0.6) is 0 Å². The molecular weight excluding hydrogens is 330 g/mol. The average Bonchev–Trinajstić information content (AvgIpc) is 3.15. The number of benzene rings is 2. The van der Waals surface area contributed by atoms with Crippen LogP contribution in [0.15, 0.2) is 70.8 Å². The summed E-state index contributed by atoms with van der Waals surface area (Å²) >= 11 is 0. The van der Waals surface area contributed by atoms with Gasteiger partial charge in [0.2, 0.25) is 0 Å². The maximum atomic E-state index is 5.03. The fourth-order valence-electron chi connectivity index (χ4n) is 3.29. The molecule has 1 aliphatic heterocycles. The minimum atomic E-state index is -0.378. The van der Waals surface area contributed by atoms with Crippen LogP contribution in [0.3, 0.4) is 0 Å². The standard InChI is InChI=1S/C21H21N3.ClH/c1-4-21(2)22-19(15-10-6-5-7-11-15)20(23-21)17-14-24(3)18-13-9-8-12-16(17)18;/h5-14H,4H2,1-3H3;1H. The third-order valence-electron chi connectivity index (χ3n) is 4.80. The molecule has 0 saturated heterocycles. The van der Waals surface area contributed by atoms with Gasteiger partial charge in [-0.25, -0.2) is 0 Å². The lowest BCUT2D eigenvalue weighted by Gasteiger charge is -2.13. The van der Waals surface area contributed by atoms with Gasteiger partial charge in [0.05, 0.1) is 11.4 Å². The molecule has 0 spiro atoms. The zero-order chi connectivity index (χ0) is 16.7. The van der Waals surface area contributed by atoms with Crippen molar-refractivity contribution in [1.29, 1.82) is 0 Å². The van der Waals surface area contributed by atoms with E-state index in [0.717, 1.165) is 29.0 Å². The van der Waals surface area contributed by atoms with E-state index in [4.69, 9.17) is 9.98 Å². The van der Waals surface area contributed by atoms with Crippen molar-refractivity contribution in [2.45, 2.75) is 25.9 Å². The number of aromatic nitrogens is 1. The van der Waals surface area contributed by atoms with Crippen LogP contribution in [0.4, 0.5) is 0 Å². The number of para-hydroxylation sites is 1. The van der Waals surface area contributed by atoms with Crippen molar-refractivity contribution in [2.75, 3.05) is 0 Å². The molecule has 3 aromatic rings. The summed E-state index contributed by atoms with van der Waals surface area (Å²) in [6.07, 6.45) is 3.06.